The van der Waals surface area contributed by atoms with Crippen LogP contribution in [0, 0.1) is 5.41 Å². The van der Waals surface area contributed by atoms with Gasteiger partial charge in [-0.2, -0.15) is 0 Å². The molecule has 0 bridgehead atoms. The maximum atomic E-state index is 12.9. The van der Waals surface area contributed by atoms with E-state index in [9.17, 15) is 8.78 Å². The quantitative estimate of drug-likeness (QED) is 0.676. The van der Waals surface area contributed by atoms with Gasteiger partial charge in [0, 0.05) is 0 Å². The van der Waals surface area contributed by atoms with Crippen LogP contribution in [0.25, 0.3) is 0 Å². The Hall–Kier alpha value is -0.220. The van der Waals surface area contributed by atoms with Crippen LogP contribution in [0.3, 0.4) is 0 Å². The van der Waals surface area contributed by atoms with Gasteiger partial charge in [-0.05, 0) is 31.1 Å². The predicted molar refractivity (Wildman–Crippen MR) is 53.9 cm³/mol. The summed E-state index contributed by atoms with van der Waals surface area (Å²) < 4.78 is 31.3. The largest absolute Gasteiger partial charge is 0.354 e. The number of nitrogens with one attached hydrogen (secondary N) is 1. The summed E-state index contributed by atoms with van der Waals surface area (Å²) in [7, 11) is 0. The fraction of sp³-hybridized carbons (Fsp3) is 1.00. The van der Waals surface area contributed by atoms with Gasteiger partial charge in [-0.3, -0.25) is 5.32 Å². The lowest BCUT2D eigenvalue weighted by Crippen LogP contribution is -2.61. The van der Waals surface area contributed by atoms with Gasteiger partial charge in [0.05, 0.1) is 6.54 Å². The number of halogens is 2. The summed E-state index contributed by atoms with van der Waals surface area (Å²) in [5.74, 6) is -2.70. The molecule has 2 aliphatic rings. The normalized spacial score (nSPS) is 39.2. The van der Waals surface area contributed by atoms with Gasteiger partial charge in [0.25, 0.3) is 5.92 Å². The summed E-state index contributed by atoms with van der Waals surface area (Å²) >= 11 is 0. The fourth-order valence-corrected chi connectivity index (χ4v) is 2.71. The average molecular weight is 219 g/mol. The lowest BCUT2D eigenvalue weighted by Gasteiger charge is -2.48. The van der Waals surface area contributed by atoms with Gasteiger partial charge in [0.15, 0.2) is 0 Å². The first kappa shape index (κ1) is 11.3. The van der Waals surface area contributed by atoms with Crippen molar-refractivity contribution in [3.8, 4) is 0 Å². The van der Waals surface area contributed by atoms with Crippen molar-refractivity contribution in [2.24, 2.45) is 5.41 Å². The Balaban J connectivity index is 2.03. The topological polar surface area (TPSA) is 21.3 Å². The van der Waals surface area contributed by atoms with Gasteiger partial charge in [-0.25, -0.2) is 8.78 Å². The third-order valence-electron chi connectivity index (χ3n) is 3.43. The molecule has 1 spiro atoms. The SMILES string of the molecule is CC1(C)CCCC2(C1)NCC(F)(F)CO2. The Kier molecular flexibility index (Phi) is 2.54. The third kappa shape index (κ3) is 2.48. The number of ether oxygens (including phenoxy) is 1. The number of alkyl halides is 2. The highest BCUT2D eigenvalue weighted by molar-refractivity contribution is 4.94. The number of rotatable bonds is 0. The fourth-order valence-electron chi connectivity index (χ4n) is 2.71. The summed E-state index contributed by atoms with van der Waals surface area (Å²) in [6.07, 6.45) is 3.88. The molecule has 1 atom stereocenters. The van der Waals surface area contributed by atoms with Gasteiger partial charge in [0.1, 0.15) is 12.3 Å². The molecule has 1 saturated carbocycles. The van der Waals surface area contributed by atoms with E-state index in [-0.39, 0.29) is 12.0 Å². The van der Waals surface area contributed by atoms with Crippen molar-refractivity contribution >= 4 is 0 Å². The van der Waals surface area contributed by atoms with Crippen molar-refractivity contribution in [2.45, 2.75) is 51.2 Å². The van der Waals surface area contributed by atoms with E-state index < -0.39 is 18.3 Å². The van der Waals surface area contributed by atoms with Crippen molar-refractivity contribution < 1.29 is 13.5 Å². The van der Waals surface area contributed by atoms with Crippen molar-refractivity contribution in [1.82, 2.24) is 5.32 Å². The van der Waals surface area contributed by atoms with E-state index in [1.807, 2.05) is 0 Å². The minimum absolute atomic E-state index is 0.192. The molecule has 4 heteroatoms. The molecule has 1 saturated heterocycles. The van der Waals surface area contributed by atoms with Crippen molar-refractivity contribution in [3.05, 3.63) is 0 Å². The highest BCUT2D eigenvalue weighted by Gasteiger charge is 2.47. The molecule has 1 heterocycles. The van der Waals surface area contributed by atoms with Crippen LogP contribution in [-0.2, 0) is 4.74 Å². The first-order valence-electron chi connectivity index (χ1n) is 5.60. The minimum Gasteiger partial charge on any atom is -0.354 e. The van der Waals surface area contributed by atoms with E-state index in [2.05, 4.69) is 19.2 Å². The van der Waals surface area contributed by atoms with Crippen LogP contribution in [0.4, 0.5) is 8.78 Å². The molecule has 1 aliphatic heterocycles. The second-order valence-electron chi connectivity index (χ2n) is 5.69. The van der Waals surface area contributed by atoms with Gasteiger partial charge in [-0.1, -0.05) is 13.8 Å². The predicted octanol–water partition coefficient (Wildman–Crippen LogP) is 2.54. The molecule has 0 aromatic rings. The van der Waals surface area contributed by atoms with Crippen LogP contribution >= 0.6 is 0 Å². The van der Waals surface area contributed by atoms with Crippen molar-refractivity contribution in [3.63, 3.8) is 0 Å². The molecule has 0 aromatic carbocycles. The molecule has 0 radical (unpaired) electrons. The maximum absolute atomic E-state index is 12.9. The molecular weight excluding hydrogens is 200 g/mol. The summed E-state index contributed by atoms with van der Waals surface area (Å²) in [6, 6.07) is 0. The number of hydrogen-bond donors (Lipinski definition) is 1. The Labute approximate surface area is 89.4 Å². The lowest BCUT2D eigenvalue weighted by atomic mass is 9.73. The van der Waals surface area contributed by atoms with Crippen LogP contribution in [-0.4, -0.2) is 24.8 Å². The van der Waals surface area contributed by atoms with Crippen LogP contribution in [0.15, 0.2) is 0 Å². The zero-order valence-corrected chi connectivity index (χ0v) is 9.41. The van der Waals surface area contributed by atoms with Gasteiger partial charge in [0.2, 0.25) is 0 Å². The molecule has 0 amide bonds. The maximum Gasteiger partial charge on any atom is 0.283 e. The molecule has 1 aliphatic carbocycles. The van der Waals surface area contributed by atoms with Crippen molar-refractivity contribution in [1.29, 1.82) is 0 Å². The Morgan fingerprint density at radius 2 is 1.93 bits per heavy atom. The summed E-state index contributed by atoms with van der Waals surface area (Å²) in [6.45, 7) is 3.66. The van der Waals surface area contributed by atoms with Gasteiger partial charge >= 0.3 is 0 Å². The molecule has 88 valence electrons. The first-order chi connectivity index (χ1) is 6.83. The summed E-state index contributed by atoms with van der Waals surface area (Å²) in [4.78, 5) is 0. The second-order valence-corrected chi connectivity index (χ2v) is 5.69. The molecule has 1 N–H and O–H groups in total. The lowest BCUT2D eigenvalue weighted by molar-refractivity contribution is -0.215. The monoisotopic (exact) mass is 219 g/mol. The van der Waals surface area contributed by atoms with Gasteiger partial charge < -0.3 is 4.74 Å². The van der Waals surface area contributed by atoms with Gasteiger partial charge in [-0.15, -0.1) is 0 Å². The van der Waals surface area contributed by atoms with E-state index in [0.29, 0.717) is 0 Å². The van der Waals surface area contributed by atoms with Crippen LogP contribution in [0.5, 0.6) is 0 Å². The van der Waals surface area contributed by atoms with Crippen LogP contribution in [0.1, 0.15) is 39.5 Å². The Morgan fingerprint density at radius 3 is 2.47 bits per heavy atom. The van der Waals surface area contributed by atoms with Crippen LogP contribution < -0.4 is 5.32 Å². The van der Waals surface area contributed by atoms with E-state index in [1.165, 1.54) is 0 Å². The zero-order chi connectivity index (χ0) is 11.2. The highest BCUT2D eigenvalue weighted by atomic mass is 19.3. The molecular formula is C11H19F2NO. The van der Waals surface area contributed by atoms with E-state index in [4.69, 9.17) is 4.74 Å². The minimum atomic E-state index is -2.70. The summed E-state index contributed by atoms with van der Waals surface area (Å²) in [5, 5.41) is 2.91. The van der Waals surface area contributed by atoms with Crippen LogP contribution in [0.2, 0.25) is 0 Å². The van der Waals surface area contributed by atoms with E-state index in [1.54, 1.807) is 0 Å². The highest BCUT2D eigenvalue weighted by Crippen LogP contribution is 2.43. The molecule has 2 nitrogen and oxygen atoms in total. The number of hydrogen-bond acceptors (Lipinski definition) is 2. The summed E-state index contributed by atoms with van der Waals surface area (Å²) in [5.41, 5.74) is -0.290. The zero-order valence-electron chi connectivity index (χ0n) is 9.41. The van der Waals surface area contributed by atoms with E-state index in [0.717, 1.165) is 25.7 Å². The molecule has 1 unspecified atom stereocenters. The first-order valence-corrected chi connectivity index (χ1v) is 5.60. The van der Waals surface area contributed by atoms with Crippen molar-refractivity contribution in [2.75, 3.05) is 13.2 Å². The Morgan fingerprint density at radius 1 is 1.20 bits per heavy atom. The molecule has 2 rings (SSSR count). The molecule has 2 fully saturated rings. The van der Waals surface area contributed by atoms with E-state index >= 15 is 0 Å². The average Bonchev–Trinajstić information content (AvgIpc) is 2.10. The second kappa shape index (κ2) is 3.39. The third-order valence-corrected chi connectivity index (χ3v) is 3.43. The molecule has 15 heavy (non-hydrogen) atoms. The smallest absolute Gasteiger partial charge is 0.283 e. The molecule has 0 aromatic heterocycles. The Bertz CT molecular complexity index is 243. The standard InChI is InChI=1S/C11H19F2NO/c1-9(2)4-3-5-11(6-9)14-7-10(12,13)8-15-11/h14H,3-8H2,1-2H3.